The summed E-state index contributed by atoms with van der Waals surface area (Å²) in [4.78, 5) is 26.3. The molecule has 27 heavy (non-hydrogen) atoms. The van der Waals surface area contributed by atoms with Crippen LogP contribution in [0, 0.1) is 13.8 Å². The lowest BCUT2D eigenvalue weighted by atomic mass is 10.1. The van der Waals surface area contributed by atoms with Crippen LogP contribution in [-0.2, 0) is 11.3 Å². The molecule has 0 bridgehead atoms. The lowest BCUT2D eigenvalue weighted by Crippen LogP contribution is -2.38. The molecule has 3 heterocycles. The van der Waals surface area contributed by atoms with Crippen LogP contribution in [0.2, 0.25) is 0 Å². The van der Waals surface area contributed by atoms with Crippen LogP contribution in [0.4, 0.5) is 11.4 Å². The minimum atomic E-state index is -0.375. The third kappa shape index (κ3) is 3.17. The molecular weight excluding hydrogens is 350 g/mol. The highest BCUT2D eigenvalue weighted by molar-refractivity contribution is 6.03. The van der Waals surface area contributed by atoms with Gasteiger partial charge >= 0.3 is 0 Å². The van der Waals surface area contributed by atoms with E-state index in [0.717, 1.165) is 11.3 Å². The van der Waals surface area contributed by atoms with Gasteiger partial charge in [0.2, 0.25) is 0 Å². The first kappa shape index (κ1) is 16.9. The Morgan fingerprint density at radius 2 is 2.15 bits per heavy atom. The zero-order valence-electron chi connectivity index (χ0n) is 14.8. The average molecular weight is 367 g/mol. The van der Waals surface area contributed by atoms with Crippen LogP contribution in [0.15, 0.2) is 45.5 Å². The number of fused-ring (bicyclic) bond motifs is 1. The second-order valence-corrected chi connectivity index (χ2v) is 6.19. The number of hydrogen-bond acceptors (Lipinski definition) is 6. The summed E-state index contributed by atoms with van der Waals surface area (Å²) in [7, 11) is 0. The first-order valence-corrected chi connectivity index (χ1v) is 8.37. The molecule has 0 saturated carbocycles. The molecule has 1 N–H and O–H groups in total. The fourth-order valence-corrected chi connectivity index (χ4v) is 2.94. The zero-order chi connectivity index (χ0) is 19.0. The second kappa shape index (κ2) is 6.64. The number of carbonyl (C=O) groups is 2. The van der Waals surface area contributed by atoms with E-state index in [1.54, 1.807) is 42.2 Å². The van der Waals surface area contributed by atoms with E-state index in [0.29, 0.717) is 29.4 Å². The van der Waals surface area contributed by atoms with Crippen molar-refractivity contribution in [2.75, 3.05) is 16.8 Å². The van der Waals surface area contributed by atoms with Crippen molar-refractivity contribution in [2.45, 2.75) is 20.4 Å². The maximum Gasteiger partial charge on any atom is 0.291 e. The van der Waals surface area contributed by atoms with Gasteiger partial charge in [0.25, 0.3) is 11.8 Å². The lowest BCUT2D eigenvalue weighted by molar-refractivity contribution is -0.121. The second-order valence-electron chi connectivity index (χ2n) is 6.19. The number of carbonyl (C=O) groups excluding carboxylic acids is 2. The summed E-state index contributed by atoms with van der Waals surface area (Å²) in [6.07, 6.45) is 1.43. The molecule has 0 unspecified atom stereocenters. The maximum absolute atomic E-state index is 12.5. The number of benzene rings is 1. The largest absolute Gasteiger partial charge is 0.482 e. The van der Waals surface area contributed by atoms with Gasteiger partial charge in [-0.05, 0) is 44.2 Å². The van der Waals surface area contributed by atoms with Crippen LogP contribution < -0.4 is 15.0 Å². The Morgan fingerprint density at radius 1 is 1.30 bits per heavy atom. The topological polar surface area (TPSA) is 97.8 Å². The van der Waals surface area contributed by atoms with Gasteiger partial charge in [-0.1, -0.05) is 5.16 Å². The molecule has 0 atom stereocenters. The molecule has 2 amide bonds. The average Bonchev–Trinajstić information content (AvgIpc) is 3.29. The molecule has 138 valence electrons. The lowest BCUT2D eigenvalue weighted by Gasteiger charge is -2.29. The van der Waals surface area contributed by atoms with Crippen molar-refractivity contribution in [3.63, 3.8) is 0 Å². The molecule has 1 aliphatic heterocycles. The van der Waals surface area contributed by atoms with Gasteiger partial charge in [0, 0.05) is 11.3 Å². The smallest absolute Gasteiger partial charge is 0.291 e. The number of aryl methyl sites for hydroxylation is 2. The number of furan rings is 1. The molecule has 0 spiro atoms. The number of hydrogen-bond donors (Lipinski definition) is 1. The van der Waals surface area contributed by atoms with Crippen LogP contribution in [0.1, 0.15) is 27.6 Å². The van der Waals surface area contributed by atoms with Crippen molar-refractivity contribution in [3.05, 3.63) is 59.4 Å². The Bertz CT molecular complexity index is 987. The summed E-state index contributed by atoms with van der Waals surface area (Å²) >= 11 is 0. The monoisotopic (exact) mass is 367 g/mol. The number of amides is 2. The highest BCUT2D eigenvalue weighted by atomic mass is 16.5. The van der Waals surface area contributed by atoms with Crippen LogP contribution in [-0.4, -0.2) is 23.6 Å². The van der Waals surface area contributed by atoms with Gasteiger partial charge in [0.05, 0.1) is 24.2 Å². The normalized spacial score (nSPS) is 13.3. The molecule has 8 nitrogen and oxygen atoms in total. The zero-order valence-corrected chi connectivity index (χ0v) is 14.8. The van der Waals surface area contributed by atoms with Crippen molar-refractivity contribution in [1.82, 2.24) is 5.16 Å². The molecule has 8 heteroatoms. The molecule has 0 radical (unpaired) electrons. The summed E-state index contributed by atoms with van der Waals surface area (Å²) in [5.74, 6) is 0.873. The number of aromatic nitrogens is 1. The van der Waals surface area contributed by atoms with E-state index < -0.39 is 0 Å². The Kier molecular flexibility index (Phi) is 4.15. The predicted molar refractivity (Wildman–Crippen MR) is 95.8 cm³/mol. The van der Waals surface area contributed by atoms with Gasteiger partial charge in [0.1, 0.15) is 11.5 Å². The van der Waals surface area contributed by atoms with Gasteiger partial charge in [-0.15, -0.1) is 0 Å². The highest BCUT2D eigenvalue weighted by Gasteiger charge is 2.28. The van der Waals surface area contributed by atoms with Crippen LogP contribution in [0.25, 0.3) is 0 Å². The van der Waals surface area contributed by atoms with Crippen LogP contribution >= 0.6 is 0 Å². The van der Waals surface area contributed by atoms with Gasteiger partial charge < -0.3 is 23.9 Å². The molecule has 0 fully saturated rings. The highest BCUT2D eigenvalue weighted by Crippen LogP contribution is 2.36. The third-order valence-corrected chi connectivity index (χ3v) is 4.40. The fourth-order valence-electron chi connectivity index (χ4n) is 2.94. The summed E-state index contributed by atoms with van der Waals surface area (Å²) < 4.78 is 15.8. The molecule has 1 aliphatic rings. The molecular formula is C19H17N3O5. The molecule has 4 rings (SSSR count). The third-order valence-electron chi connectivity index (χ3n) is 4.40. The first-order valence-electron chi connectivity index (χ1n) is 8.37. The minimum Gasteiger partial charge on any atom is -0.482 e. The SMILES string of the molecule is Cc1noc(C)c1CN1C(=O)COc2ccc(NC(=O)c3ccco3)cc21. The van der Waals surface area contributed by atoms with Gasteiger partial charge in [-0.2, -0.15) is 0 Å². The van der Waals surface area contributed by atoms with Crippen molar-refractivity contribution in [2.24, 2.45) is 0 Å². The molecule has 3 aromatic rings. The summed E-state index contributed by atoms with van der Waals surface area (Å²) in [6.45, 7) is 3.90. The van der Waals surface area contributed by atoms with Gasteiger partial charge in [-0.3, -0.25) is 9.59 Å². The predicted octanol–water partition coefficient (Wildman–Crippen LogP) is 3.06. The standard InChI is InChI=1S/C19H17N3O5/c1-11-14(12(2)27-21-11)9-22-15-8-13(5-6-16(15)26-10-18(22)23)20-19(24)17-4-3-7-25-17/h3-8H,9-10H2,1-2H3,(H,20,24). The molecule has 0 saturated heterocycles. The Balaban J connectivity index is 1.64. The van der Waals surface area contributed by atoms with E-state index in [9.17, 15) is 9.59 Å². The van der Waals surface area contributed by atoms with E-state index >= 15 is 0 Å². The quantitative estimate of drug-likeness (QED) is 0.761. The van der Waals surface area contributed by atoms with E-state index in [2.05, 4.69) is 10.5 Å². The van der Waals surface area contributed by atoms with Gasteiger partial charge in [-0.25, -0.2) is 0 Å². The Labute approximate surface area is 154 Å². The van der Waals surface area contributed by atoms with Crippen molar-refractivity contribution in [1.29, 1.82) is 0 Å². The van der Waals surface area contributed by atoms with Crippen molar-refractivity contribution < 1.29 is 23.3 Å². The maximum atomic E-state index is 12.5. The van der Waals surface area contributed by atoms with Crippen LogP contribution in [0.3, 0.4) is 0 Å². The summed E-state index contributed by atoms with van der Waals surface area (Å²) in [6, 6.07) is 8.35. The number of rotatable bonds is 4. The molecule has 1 aromatic carbocycles. The van der Waals surface area contributed by atoms with E-state index in [4.69, 9.17) is 13.7 Å². The van der Waals surface area contributed by atoms with E-state index in [1.807, 2.05) is 6.92 Å². The van der Waals surface area contributed by atoms with Crippen LogP contribution in [0.5, 0.6) is 5.75 Å². The molecule has 2 aromatic heterocycles. The Morgan fingerprint density at radius 3 is 2.85 bits per heavy atom. The number of anilines is 2. The Hall–Kier alpha value is -3.55. The minimum absolute atomic E-state index is 0.0471. The van der Waals surface area contributed by atoms with E-state index in [1.165, 1.54) is 6.26 Å². The van der Waals surface area contributed by atoms with Crippen molar-refractivity contribution >= 4 is 23.2 Å². The van der Waals surface area contributed by atoms with Crippen molar-refractivity contribution in [3.8, 4) is 5.75 Å². The molecule has 0 aliphatic carbocycles. The van der Waals surface area contributed by atoms with Gasteiger partial charge in [0.15, 0.2) is 12.4 Å². The summed E-state index contributed by atoms with van der Waals surface area (Å²) in [5.41, 5.74) is 2.68. The number of nitrogens with zero attached hydrogens (tertiary/aromatic N) is 2. The number of nitrogens with one attached hydrogen (secondary N) is 1. The number of ether oxygens (including phenoxy) is 1. The first-order chi connectivity index (χ1) is 13.0. The summed E-state index contributed by atoms with van der Waals surface area (Å²) in [5, 5.41) is 6.69. The van der Waals surface area contributed by atoms with E-state index in [-0.39, 0.29) is 24.2 Å². The fraction of sp³-hybridized carbons (Fsp3) is 0.211.